The van der Waals surface area contributed by atoms with Gasteiger partial charge in [0.05, 0.1) is 0 Å². The Balaban J connectivity index is 1.72. The number of halogens is 1. The maximum atomic E-state index is 6.06. The highest BCUT2D eigenvalue weighted by Crippen LogP contribution is 2.37. The monoisotopic (exact) mass is 309 g/mol. The predicted molar refractivity (Wildman–Crippen MR) is 85.9 cm³/mol. The number of hydrogen-bond acceptors (Lipinski definition) is 5. The molecule has 2 unspecified atom stereocenters. The van der Waals surface area contributed by atoms with Crippen molar-refractivity contribution >= 4 is 23.5 Å². The summed E-state index contributed by atoms with van der Waals surface area (Å²) in [4.78, 5) is 15.3. The molecule has 0 radical (unpaired) electrons. The van der Waals surface area contributed by atoms with Gasteiger partial charge in [-0.3, -0.25) is 0 Å². The Kier molecular flexibility index (Phi) is 4.78. The van der Waals surface area contributed by atoms with Crippen molar-refractivity contribution in [1.29, 1.82) is 0 Å². The molecule has 1 saturated carbocycles. The molecular formula is C15H24ClN5. The highest BCUT2D eigenvalue weighted by atomic mass is 35.5. The van der Waals surface area contributed by atoms with Gasteiger partial charge in [0.1, 0.15) is 0 Å². The molecule has 116 valence electrons. The van der Waals surface area contributed by atoms with E-state index in [0.29, 0.717) is 5.95 Å². The van der Waals surface area contributed by atoms with E-state index in [-0.39, 0.29) is 5.28 Å². The summed E-state index contributed by atoms with van der Waals surface area (Å²) in [7, 11) is 0. The molecular weight excluding hydrogens is 286 g/mol. The van der Waals surface area contributed by atoms with Crippen LogP contribution in [0.1, 0.15) is 45.4 Å². The Morgan fingerprint density at radius 1 is 1.14 bits per heavy atom. The van der Waals surface area contributed by atoms with Gasteiger partial charge in [-0.1, -0.05) is 26.2 Å². The third-order valence-electron chi connectivity index (χ3n) is 4.70. The van der Waals surface area contributed by atoms with Gasteiger partial charge in [0.15, 0.2) is 0 Å². The van der Waals surface area contributed by atoms with Gasteiger partial charge in [-0.2, -0.15) is 15.0 Å². The number of aromatic nitrogens is 3. The average Bonchev–Trinajstić information content (AvgIpc) is 2.52. The molecule has 2 fully saturated rings. The van der Waals surface area contributed by atoms with Crippen LogP contribution >= 0.6 is 11.6 Å². The second-order valence-corrected chi connectivity index (χ2v) is 6.53. The van der Waals surface area contributed by atoms with E-state index in [1.807, 2.05) is 0 Å². The SMILES string of the molecule is CCCNc1nc(Cl)nc(N2CCC3CCCCC3C2)n1. The van der Waals surface area contributed by atoms with Crippen molar-refractivity contribution in [2.75, 3.05) is 29.9 Å². The minimum Gasteiger partial charge on any atom is -0.354 e. The zero-order chi connectivity index (χ0) is 14.7. The summed E-state index contributed by atoms with van der Waals surface area (Å²) in [5.74, 6) is 3.04. The van der Waals surface area contributed by atoms with Crippen LogP contribution in [0, 0.1) is 11.8 Å². The molecule has 1 aliphatic carbocycles. The highest BCUT2D eigenvalue weighted by Gasteiger charge is 2.32. The molecule has 0 aromatic carbocycles. The van der Waals surface area contributed by atoms with Gasteiger partial charge < -0.3 is 10.2 Å². The van der Waals surface area contributed by atoms with Crippen molar-refractivity contribution in [2.45, 2.75) is 45.4 Å². The fourth-order valence-electron chi connectivity index (χ4n) is 3.58. The number of nitrogens with zero attached hydrogens (tertiary/aromatic N) is 4. The molecule has 0 amide bonds. The Labute approximate surface area is 131 Å². The quantitative estimate of drug-likeness (QED) is 0.924. The van der Waals surface area contributed by atoms with E-state index in [2.05, 4.69) is 32.1 Å². The number of anilines is 2. The van der Waals surface area contributed by atoms with E-state index in [4.69, 9.17) is 11.6 Å². The average molecular weight is 310 g/mol. The second kappa shape index (κ2) is 6.77. The summed E-state index contributed by atoms with van der Waals surface area (Å²) in [5, 5.41) is 3.48. The Hall–Kier alpha value is -1.10. The van der Waals surface area contributed by atoms with Gasteiger partial charge in [-0.15, -0.1) is 0 Å². The number of piperidine rings is 1. The standard InChI is InChI=1S/C15H24ClN5/c1-2-8-17-14-18-13(16)19-15(20-14)21-9-7-11-5-3-4-6-12(11)10-21/h11-12H,2-10H2,1H3,(H,17,18,19,20). The maximum absolute atomic E-state index is 6.06. The lowest BCUT2D eigenvalue weighted by Crippen LogP contribution is -2.42. The number of fused-ring (bicyclic) bond motifs is 1. The zero-order valence-corrected chi connectivity index (χ0v) is 13.4. The van der Waals surface area contributed by atoms with Gasteiger partial charge in [0.2, 0.25) is 17.2 Å². The van der Waals surface area contributed by atoms with E-state index in [1.165, 1.54) is 32.1 Å². The van der Waals surface area contributed by atoms with Crippen LogP contribution in [-0.4, -0.2) is 34.6 Å². The summed E-state index contributed by atoms with van der Waals surface area (Å²) in [5.41, 5.74) is 0. The van der Waals surface area contributed by atoms with Gasteiger partial charge in [-0.25, -0.2) is 0 Å². The van der Waals surface area contributed by atoms with Crippen molar-refractivity contribution < 1.29 is 0 Å². The molecule has 5 nitrogen and oxygen atoms in total. The lowest BCUT2D eigenvalue weighted by atomic mass is 9.75. The van der Waals surface area contributed by atoms with Crippen LogP contribution < -0.4 is 10.2 Å². The molecule has 1 aliphatic heterocycles. The van der Waals surface area contributed by atoms with E-state index in [1.54, 1.807) is 0 Å². The zero-order valence-electron chi connectivity index (χ0n) is 12.7. The topological polar surface area (TPSA) is 53.9 Å². The predicted octanol–water partition coefficient (Wildman–Crippen LogP) is 3.36. The fourth-order valence-corrected chi connectivity index (χ4v) is 3.74. The first-order valence-corrected chi connectivity index (χ1v) is 8.54. The van der Waals surface area contributed by atoms with Crippen molar-refractivity contribution in [3.8, 4) is 0 Å². The molecule has 2 atom stereocenters. The maximum Gasteiger partial charge on any atom is 0.231 e. The molecule has 2 aliphatic rings. The van der Waals surface area contributed by atoms with Crippen LogP contribution in [0.25, 0.3) is 0 Å². The van der Waals surface area contributed by atoms with Crippen LogP contribution in [0.3, 0.4) is 0 Å². The van der Waals surface area contributed by atoms with Crippen molar-refractivity contribution in [1.82, 2.24) is 15.0 Å². The van der Waals surface area contributed by atoms with E-state index in [0.717, 1.165) is 43.8 Å². The molecule has 1 aromatic rings. The summed E-state index contributed by atoms with van der Waals surface area (Å²) < 4.78 is 0. The minimum atomic E-state index is 0.282. The van der Waals surface area contributed by atoms with Gasteiger partial charge in [0, 0.05) is 19.6 Å². The van der Waals surface area contributed by atoms with Crippen LogP contribution in [0.5, 0.6) is 0 Å². The van der Waals surface area contributed by atoms with Gasteiger partial charge in [0.25, 0.3) is 0 Å². The first kappa shape index (κ1) is 14.8. The summed E-state index contributed by atoms with van der Waals surface area (Å²) in [6.45, 7) is 5.07. The largest absolute Gasteiger partial charge is 0.354 e. The highest BCUT2D eigenvalue weighted by molar-refractivity contribution is 6.28. The summed E-state index contributed by atoms with van der Waals surface area (Å²) in [6, 6.07) is 0. The molecule has 2 heterocycles. The molecule has 1 aromatic heterocycles. The summed E-state index contributed by atoms with van der Waals surface area (Å²) in [6.07, 6.45) is 7.82. The molecule has 21 heavy (non-hydrogen) atoms. The van der Waals surface area contributed by atoms with E-state index >= 15 is 0 Å². The van der Waals surface area contributed by atoms with Crippen LogP contribution in [-0.2, 0) is 0 Å². The molecule has 6 heteroatoms. The number of nitrogens with one attached hydrogen (secondary N) is 1. The fraction of sp³-hybridized carbons (Fsp3) is 0.800. The molecule has 0 spiro atoms. The normalized spacial score (nSPS) is 25.5. The Morgan fingerprint density at radius 2 is 1.95 bits per heavy atom. The number of hydrogen-bond donors (Lipinski definition) is 1. The first-order valence-electron chi connectivity index (χ1n) is 8.16. The van der Waals surface area contributed by atoms with Crippen LogP contribution in [0.2, 0.25) is 5.28 Å². The molecule has 1 saturated heterocycles. The van der Waals surface area contributed by atoms with Crippen molar-refractivity contribution in [3.63, 3.8) is 0 Å². The molecule has 3 rings (SSSR count). The van der Waals surface area contributed by atoms with Gasteiger partial charge in [-0.05, 0) is 42.7 Å². The smallest absolute Gasteiger partial charge is 0.231 e. The third kappa shape index (κ3) is 3.57. The van der Waals surface area contributed by atoms with E-state index in [9.17, 15) is 0 Å². The first-order chi connectivity index (χ1) is 10.3. The second-order valence-electron chi connectivity index (χ2n) is 6.19. The molecule has 1 N–H and O–H groups in total. The van der Waals surface area contributed by atoms with Crippen LogP contribution in [0.15, 0.2) is 0 Å². The van der Waals surface area contributed by atoms with Crippen molar-refractivity contribution in [2.24, 2.45) is 11.8 Å². The van der Waals surface area contributed by atoms with Crippen molar-refractivity contribution in [3.05, 3.63) is 5.28 Å². The third-order valence-corrected chi connectivity index (χ3v) is 4.87. The van der Waals surface area contributed by atoms with E-state index < -0.39 is 0 Å². The van der Waals surface area contributed by atoms with Gasteiger partial charge >= 0.3 is 0 Å². The minimum absolute atomic E-state index is 0.282. The van der Waals surface area contributed by atoms with Crippen LogP contribution in [0.4, 0.5) is 11.9 Å². The Morgan fingerprint density at radius 3 is 2.76 bits per heavy atom. The Bertz CT molecular complexity index is 481. The lowest BCUT2D eigenvalue weighted by molar-refractivity contribution is 0.201. The summed E-state index contributed by atoms with van der Waals surface area (Å²) >= 11 is 6.06. The lowest BCUT2D eigenvalue weighted by Gasteiger charge is -2.41. The molecule has 0 bridgehead atoms. The number of rotatable bonds is 4.